The van der Waals surface area contributed by atoms with Crippen molar-refractivity contribution in [3.05, 3.63) is 0 Å². The van der Waals surface area contributed by atoms with Gasteiger partial charge in [0.2, 0.25) is 0 Å². The van der Waals surface area contributed by atoms with Crippen LogP contribution in [-0.4, -0.2) is 75.7 Å². The summed E-state index contributed by atoms with van der Waals surface area (Å²) in [5, 5.41) is 44.9. The van der Waals surface area contributed by atoms with Crippen LogP contribution in [0.1, 0.15) is 12.8 Å². The summed E-state index contributed by atoms with van der Waals surface area (Å²) in [6, 6.07) is 0. The maximum absolute atomic E-state index is 9.63. The van der Waals surface area contributed by atoms with Crippen molar-refractivity contribution in [2.75, 3.05) is 32.9 Å². The van der Waals surface area contributed by atoms with Crippen molar-refractivity contribution in [1.82, 2.24) is 4.90 Å². The van der Waals surface area contributed by atoms with Gasteiger partial charge in [-0.3, -0.25) is 4.90 Å². The van der Waals surface area contributed by atoms with Crippen molar-refractivity contribution in [3.8, 4) is 0 Å². The van der Waals surface area contributed by atoms with Gasteiger partial charge in [-0.1, -0.05) is 0 Å². The summed E-state index contributed by atoms with van der Waals surface area (Å²) >= 11 is 0. The maximum atomic E-state index is 9.63. The minimum Gasteiger partial charge on any atom is -0.396 e. The van der Waals surface area contributed by atoms with Crippen molar-refractivity contribution in [2.45, 2.75) is 25.2 Å². The van der Waals surface area contributed by atoms with Gasteiger partial charge >= 0.3 is 0 Å². The summed E-state index contributed by atoms with van der Waals surface area (Å²) in [6.45, 7) is 0.120. The predicted octanol–water partition coefficient (Wildman–Crippen LogP) is -2.28. The largest absolute Gasteiger partial charge is 0.396 e. The summed E-state index contributed by atoms with van der Waals surface area (Å²) < 4.78 is 0. The Morgan fingerprint density at radius 1 is 0.867 bits per heavy atom. The monoisotopic (exact) mass is 223 g/mol. The minimum absolute atomic E-state index is 0.0978. The average Bonchev–Trinajstić information content (AvgIpc) is 2.17. The first-order chi connectivity index (χ1) is 7.15. The molecule has 0 saturated heterocycles. The van der Waals surface area contributed by atoms with E-state index in [9.17, 15) is 10.2 Å². The molecule has 2 atom stereocenters. The first kappa shape index (κ1) is 14.8. The Bertz CT molecular complexity index is 140. The van der Waals surface area contributed by atoms with Gasteiger partial charge in [0.1, 0.15) is 6.23 Å². The van der Waals surface area contributed by atoms with Crippen LogP contribution in [0.4, 0.5) is 0 Å². The zero-order chi connectivity index (χ0) is 11.7. The van der Waals surface area contributed by atoms with Crippen LogP contribution in [0, 0.1) is 0 Å². The molecule has 0 radical (unpaired) electrons. The molecule has 0 aliphatic heterocycles. The SMILES string of the molecule is OCCC(O)CC(O)N(CCO)CCO. The van der Waals surface area contributed by atoms with E-state index in [2.05, 4.69) is 0 Å². The zero-order valence-electron chi connectivity index (χ0n) is 8.79. The highest BCUT2D eigenvalue weighted by molar-refractivity contribution is 4.66. The lowest BCUT2D eigenvalue weighted by Crippen LogP contribution is -2.41. The lowest BCUT2D eigenvalue weighted by Gasteiger charge is -2.27. The van der Waals surface area contributed by atoms with Gasteiger partial charge in [0, 0.05) is 26.1 Å². The highest BCUT2D eigenvalue weighted by Crippen LogP contribution is 2.06. The quantitative estimate of drug-likeness (QED) is 0.282. The van der Waals surface area contributed by atoms with E-state index >= 15 is 0 Å². The first-order valence-electron chi connectivity index (χ1n) is 5.08. The Morgan fingerprint density at radius 2 is 1.40 bits per heavy atom. The molecule has 0 aromatic rings. The van der Waals surface area contributed by atoms with Gasteiger partial charge in [0.25, 0.3) is 0 Å². The number of aliphatic hydroxyl groups is 5. The second-order valence-corrected chi connectivity index (χ2v) is 3.37. The minimum atomic E-state index is -0.911. The molecular formula is C9H21NO5. The molecule has 0 amide bonds. The topological polar surface area (TPSA) is 104 Å². The van der Waals surface area contributed by atoms with Crippen LogP contribution in [-0.2, 0) is 0 Å². The van der Waals surface area contributed by atoms with Crippen molar-refractivity contribution < 1.29 is 25.5 Å². The molecule has 0 aliphatic rings. The number of hydrogen-bond acceptors (Lipinski definition) is 6. The Hall–Kier alpha value is -0.240. The number of nitrogens with zero attached hydrogens (tertiary/aromatic N) is 1. The van der Waals surface area contributed by atoms with Crippen LogP contribution in [0.15, 0.2) is 0 Å². The fourth-order valence-corrected chi connectivity index (χ4v) is 1.33. The van der Waals surface area contributed by atoms with Crippen LogP contribution < -0.4 is 0 Å². The van der Waals surface area contributed by atoms with E-state index < -0.39 is 12.3 Å². The van der Waals surface area contributed by atoms with Crippen LogP contribution in [0.25, 0.3) is 0 Å². The number of hydrogen-bond donors (Lipinski definition) is 5. The average molecular weight is 223 g/mol. The number of aliphatic hydroxyl groups excluding tert-OH is 5. The van der Waals surface area contributed by atoms with Gasteiger partial charge in [0.05, 0.1) is 19.3 Å². The molecule has 0 fully saturated rings. The van der Waals surface area contributed by atoms with E-state index in [-0.39, 0.29) is 45.8 Å². The second kappa shape index (κ2) is 9.02. The third-order valence-corrected chi connectivity index (χ3v) is 2.14. The van der Waals surface area contributed by atoms with Gasteiger partial charge in [-0.25, -0.2) is 0 Å². The molecule has 0 aromatic carbocycles. The molecule has 0 heterocycles. The molecule has 6 nitrogen and oxygen atoms in total. The molecule has 2 unspecified atom stereocenters. The van der Waals surface area contributed by atoms with E-state index in [4.69, 9.17) is 15.3 Å². The zero-order valence-corrected chi connectivity index (χ0v) is 8.79. The van der Waals surface area contributed by atoms with Gasteiger partial charge in [0.15, 0.2) is 0 Å². The van der Waals surface area contributed by atoms with Gasteiger partial charge in [-0.2, -0.15) is 0 Å². The summed E-state index contributed by atoms with van der Waals surface area (Å²) in [5.74, 6) is 0. The van der Waals surface area contributed by atoms with Gasteiger partial charge in [-0.05, 0) is 6.42 Å². The smallest absolute Gasteiger partial charge is 0.110 e. The number of rotatable bonds is 9. The highest BCUT2D eigenvalue weighted by Gasteiger charge is 2.18. The van der Waals surface area contributed by atoms with Crippen LogP contribution in [0.3, 0.4) is 0 Å². The molecule has 0 saturated carbocycles. The van der Waals surface area contributed by atoms with Crippen LogP contribution >= 0.6 is 0 Å². The molecule has 0 aromatic heterocycles. The van der Waals surface area contributed by atoms with Crippen LogP contribution in [0.2, 0.25) is 0 Å². The standard InChI is InChI=1S/C9H21NO5/c11-4-1-8(14)7-9(15)10(2-5-12)3-6-13/h8-9,11-15H,1-7H2. The summed E-state index contributed by atoms with van der Waals surface area (Å²) in [4.78, 5) is 1.47. The third-order valence-electron chi connectivity index (χ3n) is 2.14. The molecular weight excluding hydrogens is 202 g/mol. The molecule has 15 heavy (non-hydrogen) atoms. The summed E-state index contributed by atoms with van der Waals surface area (Å²) in [6.07, 6.45) is -1.38. The summed E-state index contributed by atoms with van der Waals surface area (Å²) in [7, 11) is 0. The predicted molar refractivity (Wildman–Crippen MR) is 54.1 cm³/mol. The van der Waals surface area contributed by atoms with E-state index in [1.807, 2.05) is 0 Å². The van der Waals surface area contributed by atoms with Crippen molar-refractivity contribution in [2.24, 2.45) is 0 Å². The molecule has 0 spiro atoms. The van der Waals surface area contributed by atoms with Crippen molar-refractivity contribution >= 4 is 0 Å². The van der Waals surface area contributed by atoms with E-state index in [0.717, 1.165) is 0 Å². The highest BCUT2D eigenvalue weighted by atomic mass is 16.3. The van der Waals surface area contributed by atoms with E-state index in [1.165, 1.54) is 4.90 Å². The van der Waals surface area contributed by atoms with E-state index in [1.54, 1.807) is 0 Å². The maximum Gasteiger partial charge on any atom is 0.110 e. The van der Waals surface area contributed by atoms with Crippen molar-refractivity contribution in [1.29, 1.82) is 0 Å². The fraction of sp³-hybridized carbons (Fsp3) is 1.00. The lowest BCUT2D eigenvalue weighted by atomic mass is 10.1. The van der Waals surface area contributed by atoms with Gasteiger partial charge < -0.3 is 25.5 Å². The lowest BCUT2D eigenvalue weighted by molar-refractivity contribution is -0.0461. The Morgan fingerprint density at radius 3 is 1.80 bits per heavy atom. The second-order valence-electron chi connectivity index (χ2n) is 3.37. The summed E-state index contributed by atoms with van der Waals surface area (Å²) in [5.41, 5.74) is 0. The Labute approximate surface area is 89.4 Å². The molecule has 92 valence electrons. The van der Waals surface area contributed by atoms with E-state index in [0.29, 0.717) is 0 Å². The molecule has 5 N–H and O–H groups in total. The van der Waals surface area contributed by atoms with Gasteiger partial charge in [-0.15, -0.1) is 0 Å². The molecule has 0 bridgehead atoms. The Balaban J connectivity index is 3.93. The first-order valence-corrected chi connectivity index (χ1v) is 5.08. The Kier molecular flexibility index (Phi) is 8.88. The van der Waals surface area contributed by atoms with Crippen molar-refractivity contribution in [3.63, 3.8) is 0 Å². The third kappa shape index (κ3) is 6.77. The molecule has 0 aliphatic carbocycles. The molecule has 0 rings (SSSR count). The fourth-order valence-electron chi connectivity index (χ4n) is 1.33. The molecule has 6 heteroatoms. The van der Waals surface area contributed by atoms with Crippen LogP contribution in [0.5, 0.6) is 0 Å². The normalized spacial score (nSPS) is 15.6.